The molecule has 0 radical (unpaired) electrons. The Balaban J connectivity index is 2.34. The lowest BCUT2D eigenvalue weighted by molar-refractivity contribution is 0.332. The Morgan fingerprint density at radius 2 is 1.50 bits per heavy atom. The van der Waals surface area contributed by atoms with Crippen molar-refractivity contribution in [3.05, 3.63) is 34.0 Å². The molecule has 0 saturated heterocycles. The summed E-state index contributed by atoms with van der Waals surface area (Å²) in [5, 5.41) is 1.20. The van der Waals surface area contributed by atoms with Gasteiger partial charge >= 0.3 is 0 Å². The Labute approximate surface area is 117 Å². The summed E-state index contributed by atoms with van der Waals surface area (Å²) in [5.41, 5.74) is 4.44. The van der Waals surface area contributed by atoms with Gasteiger partial charge in [0.25, 0.3) is 0 Å². The smallest absolute Gasteiger partial charge is 0.170 e. The first-order valence-corrected chi connectivity index (χ1v) is 7.33. The van der Waals surface area contributed by atoms with Gasteiger partial charge in [0.2, 0.25) is 0 Å². The molecular formula is C16H19BrO. The number of furan rings is 1. The molecule has 0 unspecified atom stereocenters. The number of hydrogen-bond donors (Lipinski definition) is 0. The highest BCUT2D eigenvalue weighted by Gasteiger charge is 2.37. The molecular weight excluding hydrogens is 288 g/mol. The van der Waals surface area contributed by atoms with Gasteiger partial charge < -0.3 is 4.42 Å². The molecule has 1 nitrogen and oxygen atoms in total. The van der Waals surface area contributed by atoms with Crippen LogP contribution in [0.15, 0.2) is 27.3 Å². The number of rotatable bonds is 0. The fourth-order valence-corrected chi connectivity index (χ4v) is 3.49. The highest BCUT2D eigenvalue weighted by molar-refractivity contribution is 9.10. The maximum absolute atomic E-state index is 5.71. The molecule has 0 saturated carbocycles. The third-order valence-electron chi connectivity index (χ3n) is 4.46. The van der Waals surface area contributed by atoms with E-state index in [1.807, 2.05) is 0 Å². The second kappa shape index (κ2) is 3.63. The average molecular weight is 307 g/mol. The van der Waals surface area contributed by atoms with Crippen molar-refractivity contribution in [1.29, 1.82) is 0 Å². The van der Waals surface area contributed by atoms with Gasteiger partial charge in [-0.05, 0) is 68.9 Å². The van der Waals surface area contributed by atoms with Gasteiger partial charge in [0.1, 0.15) is 5.58 Å². The quantitative estimate of drug-likeness (QED) is 0.622. The number of hydrogen-bond acceptors (Lipinski definition) is 1. The molecule has 1 aliphatic carbocycles. The maximum atomic E-state index is 5.71. The molecule has 0 amide bonds. The lowest BCUT2D eigenvalue weighted by Gasteiger charge is -2.41. The van der Waals surface area contributed by atoms with Crippen LogP contribution in [0, 0.1) is 0 Å². The zero-order chi connectivity index (χ0) is 13.1. The summed E-state index contributed by atoms with van der Waals surface area (Å²) in [6, 6.07) is 6.63. The van der Waals surface area contributed by atoms with E-state index in [9.17, 15) is 0 Å². The van der Waals surface area contributed by atoms with Crippen molar-refractivity contribution in [2.45, 2.75) is 51.4 Å². The van der Waals surface area contributed by atoms with E-state index in [0.717, 1.165) is 10.3 Å². The largest absolute Gasteiger partial charge is 0.449 e. The van der Waals surface area contributed by atoms with E-state index in [1.165, 1.54) is 29.4 Å². The summed E-state index contributed by atoms with van der Waals surface area (Å²) in [6.07, 6.45) is 2.48. The number of halogens is 1. The number of benzene rings is 1. The van der Waals surface area contributed by atoms with E-state index in [1.54, 1.807) is 0 Å². The van der Waals surface area contributed by atoms with Crippen LogP contribution < -0.4 is 0 Å². The van der Waals surface area contributed by atoms with Gasteiger partial charge in [0, 0.05) is 5.39 Å². The van der Waals surface area contributed by atoms with Gasteiger partial charge in [-0.3, -0.25) is 0 Å². The van der Waals surface area contributed by atoms with Crippen LogP contribution in [0.25, 0.3) is 11.0 Å². The Hall–Kier alpha value is -0.760. The van der Waals surface area contributed by atoms with Crippen LogP contribution in [-0.4, -0.2) is 0 Å². The number of fused-ring (bicyclic) bond motifs is 2. The molecule has 1 aromatic carbocycles. The van der Waals surface area contributed by atoms with Gasteiger partial charge in [0.15, 0.2) is 4.67 Å². The monoisotopic (exact) mass is 306 g/mol. The molecule has 1 aliphatic rings. The van der Waals surface area contributed by atoms with Gasteiger partial charge in [-0.1, -0.05) is 27.7 Å². The Bertz CT molecular complexity index is 566. The van der Waals surface area contributed by atoms with Crippen molar-refractivity contribution in [3.63, 3.8) is 0 Å². The fourth-order valence-electron chi connectivity index (χ4n) is 3.07. The van der Waals surface area contributed by atoms with Crippen LogP contribution in [0.2, 0.25) is 0 Å². The summed E-state index contributed by atoms with van der Waals surface area (Å²) >= 11 is 3.42. The van der Waals surface area contributed by atoms with E-state index in [4.69, 9.17) is 4.42 Å². The minimum atomic E-state index is 0.248. The van der Waals surface area contributed by atoms with Crippen molar-refractivity contribution in [2.75, 3.05) is 0 Å². The summed E-state index contributed by atoms with van der Waals surface area (Å²) in [4.78, 5) is 0. The highest BCUT2D eigenvalue weighted by atomic mass is 79.9. The SMILES string of the molecule is CC1(C)CCC(C)(C)c2cc3oc(Br)cc3cc21. The second-order valence-corrected chi connectivity index (χ2v) is 7.54. The molecule has 0 N–H and O–H groups in total. The summed E-state index contributed by atoms with van der Waals surface area (Å²) in [6.45, 7) is 9.37. The zero-order valence-electron chi connectivity index (χ0n) is 11.4. The van der Waals surface area contributed by atoms with Crippen LogP contribution in [0.3, 0.4) is 0 Å². The molecule has 2 aromatic rings. The van der Waals surface area contributed by atoms with Crippen LogP contribution in [-0.2, 0) is 10.8 Å². The topological polar surface area (TPSA) is 13.1 Å². The van der Waals surface area contributed by atoms with Crippen molar-refractivity contribution in [2.24, 2.45) is 0 Å². The van der Waals surface area contributed by atoms with Crippen molar-refractivity contribution >= 4 is 26.9 Å². The molecule has 1 aromatic heterocycles. The standard InChI is InChI=1S/C16H19BrO/c1-15(2)5-6-16(3,4)12-9-13-10(7-11(12)15)8-14(17)18-13/h7-9H,5-6H2,1-4H3. The van der Waals surface area contributed by atoms with E-state index in [0.29, 0.717) is 0 Å². The normalized spacial score (nSPS) is 20.9. The molecule has 0 aliphatic heterocycles. The highest BCUT2D eigenvalue weighted by Crippen LogP contribution is 2.47. The molecule has 2 heteroatoms. The Morgan fingerprint density at radius 3 is 2.11 bits per heavy atom. The van der Waals surface area contributed by atoms with Gasteiger partial charge in [0.05, 0.1) is 0 Å². The first kappa shape index (κ1) is 12.3. The zero-order valence-corrected chi connectivity index (χ0v) is 13.0. The second-order valence-electron chi connectivity index (χ2n) is 6.75. The van der Waals surface area contributed by atoms with Gasteiger partial charge in [-0.2, -0.15) is 0 Å². The van der Waals surface area contributed by atoms with Gasteiger partial charge in [-0.25, -0.2) is 0 Å². The van der Waals surface area contributed by atoms with E-state index >= 15 is 0 Å². The van der Waals surface area contributed by atoms with E-state index in [2.05, 4.69) is 61.8 Å². The van der Waals surface area contributed by atoms with Crippen LogP contribution >= 0.6 is 15.9 Å². The maximum Gasteiger partial charge on any atom is 0.170 e. The van der Waals surface area contributed by atoms with Crippen molar-refractivity contribution in [1.82, 2.24) is 0 Å². The van der Waals surface area contributed by atoms with E-state index < -0.39 is 0 Å². The predicted octanol–water partition coefficient (Wildman–Crippen LogP) is 5.54. The minimum absolute atomic E-state index is 0.248. The van der Waals surface area contributed by atoms with Gasteiger partial charge in [-0.15, -0.1) is 0 Å². The molecule has 1 heterocycles. The molecule has 96 valence electrons. The average Bonchev–Trinajstić information content (AvgIpc) is 2.62. The third kappa shape index (κ3) is 1.73. The lowest BCUT2D eigenvalue weighted by atomic mass is 9.63. The van der Waals surface area contributed by atoms with Crippen LogP contribution in [0.5, 0.6) is 0 Å². The molecule has 0 bridgehead atoms. The lowest BCUT2D eigenvalue weighted by Crippen LogP contribution is -2.33. The summed E-state index contributed by atoms with van der Waals surface area (Å²) in [7, 11) is 0. The Kier molecular flexibility index (Phi) is 2.48. The molecule has 3 rings (SSSR count). The predicted molar refractivity (Wildman–Crippen MR) is 79.2 cm³/mol. The molecule has 0 fully saturated rings. The first-order chi connectivity index (χ1) is 8.29. The van der Waals surface area contributed by atoms with Crippen LogP contribution in [0.4, 0.5) is 0 Å². The van der Waals surface area contributed by atoms with Crippen LogP contribution in [0.1, 0.15) is 51.7 Å². The first-order valence-electron chi connectivity index (χ1n) is 6.54. The van der Waals surface area contributed by atoms with Crippen molar-refractivity contribution in [3.8, 4) is 0 Å². The van der Waals surface area contributed by atoms with E-state index in [-0.39, 0.29) is 10.8 Å². The third-order valence-corrected chi connectivity index (χ3v) is 4.85. The molecule has 0 spiro atoms. The fraction of sp³-hybridized carbons (Fsp3) is 0.500. The summed E-state index contributed by atoms with van der Waals surface area (Å²) < 4.78 is 6.53. The van der Waals surface area contributed by atoms with Crippen molar-refractivity contribution < 1.29 is 4.42 Å². The molecule has 18 heavy (non-hydrogen) atoms. The minimum Gasteiger partial charge on any atom is -0.449 e. The molecule has 0 atom stereocenters. The Morgan fingerprint density at radius 1 is 0.944 bits per heavy atom. The summed E-state index contributed by atoms with van der Waals surface area (Å²) in [5.74, 6) is 0.